The Balaban J connectivity index is 1.46. The molecule has 3 aromatic rings. The van der Waals surface area contributed by atoms with Crippen LogP contribution in [-0.2, 0) is 0 Å². The normalized spacial score (nSPS) is 14.7. The molecule has 7 nitrogen and oxygen atoms in total. The molecule has 1 fully saturated rings. The first-order chi connectivity index (χ1) is 16.7. The summed E-state index contributed by atoms with van der Waals surface area (Å²) in [7, 11) is 2.18. The molecule has 1 saturated heterocycles. The summed E-state index contributed by atoms with van der Waals surface area (Å²) in [5, 5.41) is 6.87. The number of anilines is 5. The van der Waals surface area contributed by atoms with E-state index >= 15 is 0 Å². The SMILES string of the molecule is Cc1nc(Nc2ccc(N3CCN(C)CC3)cc2)nc(Nc2cccc(SNC(C)(C)C)c2)c1C. The van der Waals surface area contributed by atoms with Crippen LogP contribution in [0.5, 0.6) is 0 Å². The maximum absolute atomic E-state index is 4.79. The fourth-order valence-electron chi connectivity index (χ4n) is 3.74. The van der Waals surface area contributed by atoms with Gasteiger partial charge in [0.15, 0.2) is 0 Å². The van der Waals surface area contributed by atoms with Crippen LogP contribution in [0.25, 0.3) is 0 Å². The number of hydrogen-bond acceptors (Lipinski definition) is 8. The summed E-state index contributed by atoms with van der Waals surface area (Å²) in [5.74, 6) is 1.39. The molecular weight excluding hydrogens is 454 g/mol. The average Bonchev–Trinajstić information content (AvgIpc) is 2.82. The Bertz CT molecular complexity index is 1130. The second-order valence-corrected chi connectivity index (χ2v) is 11.1. The van der Waals surface area contributed by atoms with E-state index in [1.807, 2.05) is 13.8 Å². The van der Waals surface area contributed by atoms with Gasteiger partial charge in [-0.2, -0.15) is 4.98 Å². The van der Waals surface area contributed by atoms with Gasteiger partial charge in [0.2, 0.25) is 5.95 Å². The molecule has 0 aliphatic carbocycles. The van der Waals surface area contributed by atoms with Gasteiger partial charge in [-0.05, 0) is 96.1 Å². The highest BCUT2D eigenvalue weighted by molar-refractivity contribution is 7.97. The van der Waals surface area contributed by atoms with Gasteiger partial charge in [-0.25, -0.2) is 4.98 Å². The molecule has 1 aliphatic rings. The summed E-state index contributed by atoms with van der Waals surface area (Å²) >= 11 is 1.63. The predicted molar refractivity (Wildman–Crippen MR) is 149 cm³/mol. The van der Waals surface area contributed by atoms with Crippen LogP contribution in [-0.4, -0.2) is 53.6 Å². The van der Waals surface area contributed by atoms with Gasteiger partial charge < -0.3 is 20.4 Å². The van der Waals surface area contributed by atoms with Crippen molar-refractivity contribution in [1.29, 1.82) is 0 Å². The number of likely N-dealkylation sites (N-methyl/N-ethyl adjacent to an activating group) is 1. The second-order valence-electron chi connectivity index (χ2n) is 10.2. The summed E-state index contributed by atoms with van der Waals surface area (Å²) in [6.07, 6.45) is 0. The molecule has 1 aromatic heterocycles. The van der Waals surface area contributed by atoms with Crippen molar-refractivity contribution >= 4 is 40.8 Å². The van der Waals surface area contributed by atoms with Crippen LogP contribution in [0, 0.1) is 13.8 Å². The summed E-state index contributed by atoms with van der Waals surface area (Å²) in [5.41, 5.74) is 5.24. The Kier molecular flexibility index (Phi) is 7.84. The Morgan fingerprint density at radius 1 is 0.857 bits per heavy atom. The van der Waals surface area contributed by atoms with Gasteiger partial charge in [0, 0.05) is 64.9 Å². The lowest BCUT2D eigenvalue weighted by Gasteiger charge is -2.34. The minimum atomic E-state index is 0.0394. The van der Waals surface area contributed by atoms with E-state index in [0.717, 1.165) is 59.5 Å². The van der Waals surface area contributed by atoms with Crippen LogP contribution in [0.1, 0.15) is 32.0 Å². The highest BCUT2D eigenvalue weighted by Gasteiger charge is 2.15. The summed E-state index contributed by atoms with van der Waals surface area (Å²) in [4.78, 5) is 15.4. The van der Waals surface area contributed by atoms with Crippen LogP contribution in [0.15, 0.2) is 53.4 Å². The predicted octanol–water partition coefficient (Wildman–Crippen LogP) is 5.73. The van der Waals surface area contributed by atoms with Crippen molar-refractivity contribution in [3.8, 4) is 0 Å². The number of aryl methyl sites for hydroxylation is 1. The zero-order valence-electron chi connectivity index (χ0n) is 21.6. The number of nitrogens with zero attached hydrogens (tertiary/aromatic N) is 4. The monoisotopic (exact) mass is 491 g/mol. The minimum Gasteiger partial charge on any atom is -0.369 e. The lowest BCUT2D eigenvalue weighted by molar-refractivity contribution is 0.313. The number of hydrogen-bond donors (Lipinski definition) is 3. The van der Waals surface area contributed by atoms with Gasteiger partial charge in [0.25, 0.3) is 0 Å². The number of benzene rings is 2. The maximum Gasteiger partial charge on any atom is 0.229 e. The highest BCUT2D eigenvalue weighted by atomic mass is 32.2. The zero-order chi connectivity index (χ0) is 25.0. The molecule has 0 amide bonds. The van der Waals surface area contributed by atoms with E-state index in [0.29, 0.717) is 5.95 Å². The molecule has 3 N–H and O–H groups in total. The van der Waals surface area contributed by atoms with Gasteiger partial charge in [-0.15, -0.1) is 0 Å². The van der Waals surface area contributed by atoms with E-state index in [1.54, 1.807) is 11.9 Å². The summed E-state index contributed by atoms with van der Waals surface area (Å²) in [6.45, 7) is 14.9. The molecule has 4 rings (SSSR count). The molecule has 0 saturated carbocycles. The Labute approximate surface area is 213 Å². The van der Waals surface area contributed by atoms with Crippen molar-refractivity contribution < 1.29 is 0 Å². The van der Waals surface area contributed by atoms with Crippen molar-refractivity contribution in [3.05, 3.63) is 59.8 Å². The lowest BCUT2D eigenvalue weighted by Crippen LogP contribution is -2.44. The third kappa shape index (κ3) is 7.10. The van der Waals surface area contributed by atoms with Crippen LogP contribution >= 0.6 is 11.9 Å². The quantitative estimate of drug-likeness (QED) is 0.362. The van der Waals surface area contributed by atoms with E-state index < -0.39 is 0 Å². The van der Waals surface area contributed by atoms with E-state index in [2.05, 4.69) is 106 Å². The van der Waals surface area contributed by atoms with E-state index in [4.69, 9.17) is 4.98 Å². The fourth-order valence-corrected chi connectivity index (χ4v) is 4.50. The van der Waals surface area contributed by atoms with Crippen molar-refractivity contribution in [2.75, 3.05) is 48.8 Å². The third-order valence-electron chi connectivity index (χ3n) is 5.95. The number of piperazine rings is 1. The van der Waals surface area contributed by atoms with Crippen molar-refractivity contribution in [1.82, 2.24) is 19.6 Å². The Morgan fingerprint density at radius 3 is 2.26 bits per heavy atom. The third-order valence-corrected chi connectivity index (χ3v) is 7.16. The lowest BCUT2D eigenvalue weighted by atomic mass is 10.1. The van der Waals surface area contributed by atoms with Crippen molar-refractivity contribution in [2.24, 2.45) is 0 Å². The van der Waals surface area contributed by atoms with Crippen molar-refractivity contribution in [3.63, 3.8) is 0 Å². The fraction of sp³-hybridized carbons (Fsp3) is 0.407. The molecule has 2 heterocycles. The average molecular weight is 492 g/mol. The number of aromatic nitrogens is 2. The maximum atomic E-state index is 4.79. The van der Waals surface area contributed by atoms with Gasteiger partial charge in [0.1, 0.15) is 5.82 Å². The molecule has 0 spiro atoms. The van der Waals surface area contributed by atoms with Crippen molar-refractivity contribution in [2.45, 2.75) is 45.1 Å². The van der Waals surface area contributed by atoms with E-state index in [-0.39, 0.29) is 5.54 Å². The molecule has 1 aliphatic heterocycles. The molecule has 0 atom stereocenters. The van der Waals surface area contributed by atoms with Gasteiger partial charge >= 0.3 is 0 Å². The van der Waals surface area contributed by atoms with Gasteiger partial charge in [-0.1, -0.05) is 6.07 Å². The number of nitrogens with one attached hydrogen (secondary N) is 3. The molecule has 8 heteroatoms. The van der Waals surface area contributed by atoms with Crippen LogP contribution in [0.4, 0.5) is 28.8 Å². The molecule has 2 aromatic carbocycles. The van der Waals surface area contributed by atoms with Crippen LogP contribution < -0.4 is 20.3 Å². The number of rotatable bonds is 7. The molecule has 0 radical (unpaired) electrons. The highest BCUT2D eigenvalue weighted by Crippen LogP contribution is 2.27. The molecule has 0 bridgehead atoms. The summed E-state index contributed by atoms with van der Waals surface area (Å²) in [6, 6.07) is 16.9. The first-order valence-corrected chi connectivity index (χ1v) is 12.9. The van der Waals surface area contributed by atoms with Crippen LogP contribution in [0.3, 0.4) is 0 Å². The van der Waals surface area contributed by atoms with E-state index in [1.165, 1.54) is 5.69 Å². The first-order valence-electron chi connectivity index (χ1n) is 12.1. The first kappa shape index (κ1) is 25.3. The second kappa shape index (κ2) is 10.8. The van der Waals surface area contributed by atoms with E-state index in [9.17, 15) is 0 Å². The molecule has 186 valence electrons. The minimum absolute atomic E-state index is 0.0394. The van der Waals surface area contributed by atoms with Crippen LogP contribution in [0.2, 0.25) is 0 Å². The smallest absolute Gasteiger partial charge is 0.229 e. The zero-order valence-corrected chi connectivity index (χ0v) is 22.5. The molecule has 0 unspecified atom stereocenters. The topological polar surface area (TPSA) is 68.4 Å². The molecule has 35 heavy (non-hydrogen) atoms. The molecular formula is C27H37N7S. The summed E-state index contributed by atoms with van der Waals surface area (Å²) < 4.78 is 3.46. The van der Waals surface area contributed by atoms with Gasteiger partial charge in [0.05, 0.1) is 0 Å². The van der Waals surface area contributed by atoms with Gasteiger partial charge in [-0.3, -0.25) is 4.72 Å². The standard InChI is InChI=1S/C27H37N7S/c1-19-20(2)28-26(30-21-10-12-23(13-11-21)34-16-14-33(6)15-17-34)31-25(19)29-22-8-7-9-24(18-22)35-32-27(3,4)5/h7-13,18,32H,14-17H2,1-6H3,(H2,28,29,30,31). The Hall–Kier alpha value is -2.81. The largest absolute Gasteiger partial charge is 0.369 e. The Morgan fingerprint density at radius 2 is 1.57 bits per heavy atom.